The van der Waals surface area contributed by atoms with Crippen molar-refractivity contribution in [2.24, 2.45) is 11.8 Å². The minimum atomic E-state index is -0.546. The molecule has 3 aromatic rings. The number of aliphatic hydroxyl groups excluding tert-OH is 1. The molecule has 0 spiro atoms. The van der Waals surface area contributed by atoms with Gasteiger partial charge in [0.2, 0.25) is 0 Å². The summed E-state index contributed by atoms with van der Waals surface area (Å²) in [7, 11) is 1.68. The second kappa shape index (κ2) is 8.10. The van der Waals surface area contributed by atoms with E-state index in [4.69, 9.17) is 4.74 Å². The van der Waals surface area contributed by atoms with Gasteiger partial charge < -0.3 is 14.3 Å². The summed E-state index contributed by atoms with van der Waals surface area (Å²) in [5.41, 5.74) is 3.19. The molecule has 1 unspecified atom stereocenters. The third-order valence-corrected chi connectivity index (χ3v) is 7.68. The summed E-state index contributed by atoms with van der Waals surface area (Å²) in [5, 5.41) is 12.8. The van der Waals surface area contributed by atoms with Crippen LogP contribution in [0.25, 0.3) is 10.9 Å². The van der Waals surface area contributed by atoms with Crippen LogP contribution in [0.1, 0.15) is 30.1 Å². The number of nitrogens with zero attached hydrogens (tertiary/aromatic N) is 2. The van der Waals surface area contributed by atoms with Gasteiger partial charge in [0.1, 0.15) is 24.4 Å². The van der Waals surface area contributed by atoms with Crippen LogP contribution in [-0.4, -0.2) is 40.8 Å². The van der Waals surface area contributed by atoms with E-state index in [1.54, 1.807) is 7.11 Å². The van der Waals surface area contributed by atoms with Crippen LogP contribution in [0.4, 0.5) is 0 Å². The van der Waals surface area contributed by atoms with Crippen LogP contribution >= 0.6 is 0 Å². The van der Waals surface area contributed by atoms with Crippen LogP contribution in [0, 0.1) is 11.8 Å². The number of aromatic nitrogens is 1. The first-order valence-electron chi connectivity index (χ1n) is 11.3. The smallest absolute Gasteiger partial charge is 0.131 e. The zero-order valence-corrected chi connectivity index (χ0v) is 18.2. The van der Waals surface area contributed by atoms with E-state index in [-0.39, 0.29) is 6.04 Å². The Hall–Kier alpha value is -2.69. The van der Waals surface area contributed by atoms with Crippen molar-refractivity contribution >= 4 is 10.9 Å². The number of pyridine rings is 1. The lowest BCUT2D eigenvalue weighted by Crippen LogP contribution is -2.67. The van der Waals surface area contributed by atoms with Gasteiger partial charge in [0.15, 0.2) is 0 Å². The number of ether oxygens (including phenoxy) is 1. The van der Waals surface area contributed by atoms with E-state index in [0.717, 1.165) is 52.8 Å². The molecular weight excluding hydrogens is 384 g/mol. The van der Waals surface area contributed by atoms with Crippen LogP contribution in [-0.2, 0) is 6.54 Å². The summed E-state index contributed by atoms with van der Waals surface area (Å²) in [6, 6.07) is 18.8. The molecule has 5 atom stereocenters. The number of rotatable bonds is 6. The average molecular weight is 416 g/mol. The third kappa shape index (κ3) is 3.54. The van der Waals surface area contributed by atoms with Crippen molar-refractivity contribution in [2.45, 2.75) is 31.5 Å². The van der Waals surface area contributed by atoms with Gasteiger partial charge in [-0.3, -0.25) is 4.98 Å². The van der Waals surface area contributed by atoms with Gasteiger partial charge in [0, 0.05) is 35.9 Å². The third-order valence-electron chi connectivity index (χ3n) is 7.68. The number of fused-ring (bicyclic) bond motifs is 4. The molecule has 2 aromatic carbocycles. The molecule has 3 aliphatic heterocycles. The summed E-state index contributed by atoms with van der Waals surface area (Å²) in [6.45, 7) is 7.25. The Morgan fingerprint density at radius 1 is 1.23 bits per heavy atom. The summed E-state index contributed by atoms with van der Waals surface area (Å²) >= 11 is 0. The molecule has 4 heteroatoms. The first-order chi connectivity index (χ1) is 15.1. The Labute approximate surface area is 184 Å². The quantitative estimate of drug-likeness (QED) is 0.460. The van der Waals surface area contributed by atoms with Crippen molar-refractivity contribution in [2.75, 3.05) is 20.2 Å². The van der Waals surface area contributed by atoms with Gasteiger partial charge in [-0.1, -0.05) is 36.4 Å². The van der Waals surface area contributed by atoms with Crippen LogP contribution in [0.5, 0.6) is 5.75 Å². The van der Waals surface area contributed by atoms with Crippen molar-refractivity contribution < 1.29 is 14.3 Å². The standard InChI is InChI=1S/C27H31N2O2/c1-3-20-18-29(17-19-7-5-4-6-8-19)14-12-21(20)15-26(29)27(30)23-11-13-28-25-10-9-22(31-2)16-24(23)25/h3-11,13,16,20-21,26-27,30H,1,12,14-15,17-18H2,2H3/q+1/t20-,21-,26+,27-,29?/m1/s1. The maximum atomic E-state index is 11.8. The number of aliphatic hydroxyl groups is 1. The van der Waals surface area contributed by atoms with E-state index in [0.29, 0.717) is 11.8 Å². The molecule has 1 aromatic heterocycles. The Morgan fingerprint density at radius 2 is 2.06 bits per heavy atom. The highest BCUT2D eigenvalue weighted by Gasteiger charge is 2.53. The van der Waals surface area contributed by atoms with E-state index >= 15 is 0 Å². The Morgan fingerprint density at radius 3 is 2.84 bits per heavy atom. The van der Waals surface area contributed by atoms with Crippen LogP contribution in [0.3, 0.4) is 0 Å². The second-order valence-corrected chi connectivity index (χ2v) is 9.25. The Kier molecular flexibility index (Phi) is 5.28. The first-order valence-corrected chi connectivity index (χ1v) is 11.3. The van der Waals surface area contributed by atoms with E-state index in [1.807, 2.05) is 30.5 Å². The predicted octanol–water partition coefficient (Wildman–Crippen LogP) is 4.89. The first kappa shape index (κ1) is 20.2. The summed E-state index contributed by atoms with van der Waals surface area (Å²) < 4.78 is 6.38. The topological polar surface area (TPSA) is 42.4 Å². The maximum absolute atomic E-state index is 11.8. The highest BCUT2D eigenvalue weighted by Crippen LogP contribution is 2.48. The van der Waals surface area contributed by atoms with Crippen LogP contribution < -0.4 is 4.74 Å². The molecule has 4 nitrogen and oxygen atoms in total. The molecule has 0 amide bonds. The molecule has 31 heavy (non-hydrogen) atoms. The zero-order chi connectivity index (χ0) is 21.4. The molecule has 1 N–H and O–H groups in total. The molecule has 6 rings (SSSR count). The van der Waals surface area contributed by atoms with E-state index < -0.39 is 6.10 Å². The van der Waals surface area contributed by atoms with Crippen LogP contribution in [0.2, 0.25) is 0 Å². The van der Waals surface area contributed by atoms with Crippen molar-refractivity contribution in [1.29, 1.82) is 0 Å². The van der Waals surface area contributed by atoms with Crippen molar-refractivity contribution in [1.82, 2.24) is 4.98 Å². The van der Waals surface area contributed by atoms with Crippen LogP contribution in [0.15, 0.2) is 73.4 Å². The minimum Gasteiger partial charge on any atom is -0.497 e. The fourth-order valence-corrected chi connectivity index (χ4v) is 6.07. The Balaban J connectivity index is 1.56. The zero-order valence-electron chi connectivity index (χ0n) is 18.2. The molecule has 0 aliphatic carbocycles. The molecule has 3 aliphatic rings. The predicted molar refractivity (Wildman–Crippen MR) is 124 cm³/mol. The molecule has 160 valence electrons. The Bertz CT molecular complexity index is 1080. The molecule has 3 saturated heterocycles. The van der Waals surface area contributed by atoms with E-state index in [9.17, 15) is 5.11 Å². The highest BCUT2D eigenvalue weighted by molar-refractivity contribution is 5.83. The van der Waals surface area contributed by atoms with E-state index in [2.05, 4.69) is 48.0 Å². The lowest BCUT2D eigenvalue weighted by atomic mass is 9.71. The number of benzene rings is 2. The molecule has 4 heterocycles. The number of hydrogen-bond acceptors (Lipinski definition) is 3. The molecule has 0 saturated carbocycles. The average Bonchev–Trinajstić information content (AvgIpc) is 2.83. The molecule has 3 fully saturated rings. The van der Waals surface area contributed by atoms with Gasteiger partial charge in [0.05, 0.1) is 25.7 Å². The molecule has 0 radical (unpaired) electrons. The minimum absolute atomic E-state index is 0.159. The summed E-state index contributed by atoms with van der Waals surface area (Å²) in [4.78, 5) is 4.52. The van der Waals surface area contributed by atoms with Crippen molar-refractivity contribution in [3.05, 3.63) is 84.6 Å². The van der Waals surface area contributed by atoms with Gasteiger partial charge in [-0.05, 0) is 35.7 Å². The molecule has 2 bridgehead atoms. The maximum Gasteiger partial charge on any atom is 0.131 e. The fourth-order valence-electron chi connectivity index (χ4n) is 6.07. The van der Waals surface area contributed by atoms with Gasteiger partial charge in [-0.2, -0.15) is 0 Å². The highest BCUT2D eigenvalue weighted by atomic mass is 16.5. The normalized spacial score (nSPS) is 28.4. The van der Waals surface area contributed by atoms with E-state index in [1.165, 1.54) is 12.0 Å². The monoisotopic (exact) mass is 415 g/mol. The summed E-state index contributed by atoms with van der Waals surface area (Å²) in [5.74, 6) is 1.92. The number of piperidine rings is 3. The second-order valence-electron chi connectivity index (χ2n) is 9.25. The van der Waals surface area contributed by atoms with Crippen molar-refractivity contribution in [3.8, 4) is 5.75 Å². The number of methoxy groups -OCH3 is 1. The van der Waals surface area contributed by atoms with Gasteiger partial charge >= 0.3 is 0 Å². The van der Waals surface area contributed by atoms with Gasteiger partial charge in [-0.15, -0.1) is 6.58 Å². The van der Waals surface area contributed by atoms with Crippen molar-refractivity contribution in [3.63, 3.8) is 0 Å². The lowest BCUT2D eigenvalue weighted by Gasteiger charge is -2.58. The molecular formula is C27H31N2O2+. The lowest BCUT2D eigenvalue weighted by molar-refractivity contribution is -0.984. The largest absolute Gasteiger partial charge is 0.497 e. The fraction of sp³-hybridized carbons (Fsp3) is 0.370. The summed E-state index contributed by atoms with van der Waals surface area (Å²) in [6.07, 6.45) is 5.65. The number of quaternary nitrogens is 1. The van der Waals surface area contributed by atoms with Gasteiger partial charge in [-0.25, -0.2) is 0 Å². The number of hydrogen-bond donors (Lipinski definition) is 1. The van der Waals surface area contributed by atoms with Gasteiger partial charge in [0.25, 0.3) is 0 Å². The SMILES string of the molecule is C=C[C@@H]1C[N+]2(Cc3ccccc3)CC[C@@H]1C[C@H]2[C@H](O)c1ccnc2ccc(OC)cc12.